The van der Waals surface area contributed by atoms with Crippen molar-refractivity contribution < 1.29 is 5.11 Å². The summed E-state index contributed by atoms with van der Waals surface area (Å²) in [5.41, 5.74) is 0.504. The van der Waals surface area contributed by atoms with Crippen LogP contribution in [0.2, 0.25) is 0 Å². The van der Waals surface area contributed by atoms with Gasteiger partial charge in [-0.15, -0.1) is 0 Å². The van der Waals surface area contributed by atoms with Crippen molar-refractivity contribution >= 4 is 0 Å². The van der Waals surface area contributed by atoms with Crippen molar-refractivity contribution in [2.45, 2.75) is 38.0 Å². The van der Waals surface area contributed by atoms with Crippen LogP contribution in [0.3, 0.4) is 0 Å². The zero-order valence-electron chi connectivity index (χ0n) is 8.40. The van der Waals surface area contributed by atoms with Gasteiger partial charge in [-0.3, -0.25) is 4.98 Å². The first-order valence-electron chi connectivity index (χ1n) is 5.04. The molecule has 1 heterocycles. The van der Waals surface area contributed by atoms with Crippen LogP contribution in [-0.2, 0) is 6.54 Å². The summed E-state index contributed by atoms with van der Waals surface area (Å²) >= 11 is 0. The molecule has 0 bridgehead atoms. The molecule has 0 unspecified atom stereocenters. The van der Waals surface area contributed by atoms with Crippen LogP contribution in [-0.4, -0.2) is 21.7 Å². The molecule has 1 aliphatic carbocycles. The van der Waals surface area contributed by atoms with Gasteiger partial charge in [0.2, 0.25) is 0 Å². The van der Waals surface area contributed by atoms with E-state index < -0.39 is 5.60 Å². The number of rotatable bonds is 3. The highest BCUT2D eigenvalue weighted by atomic mass is 16.3. The van der Waals surface area contributed by atoms with E-state index in [4.69, 9.17) is 0 Å². The van der Waals surface area contributed by atoms with Crippen molar-refractivity contribution in [1.29, 1.82) is 0 Å². The van der Waals surface area contributed by atoms with Gasteiger partial charge in [-0.1, -0.05) is 6.07 Å². The summed E-state index contributed by atoms with van der Waals surface area (Å²) in [5, 5.41) is 13.1. The smallest absolute Gasteiger partial charge is 0.0772 e. The van der Waals surface area contributed by atoms with Crippen LogP contribution in [0, 0.1) is 0 Å². The predicted octanol–water partition coefficient (Wildman–Crippen LogP) is 1.08. The number of hydrogen-bond donors (Lipinski definition) is 2. The van der Waals surface area contributed by atoms with Gasteiger partial charge in [-0.05, 0) is 31.9 Å². The highest BCUT2D eigenvalue weighted by Gasteiger charge is 2.40. The number of pyridine rings is 1. The second-order valence-electron chi connectivity index (χ2n) is 4.15. The molecule has 14 heavy (non-hydrogen) atoms. The molecule has 1 aliphatic rings. The highest BCUT2D eigenvalue weighted by molar-refractivity contribution is 5.05. The molecule has 0 amide bonds. The van der Waals surface area contributed by atoms with E-state index in [2.05, 4.69) is 10.3 Å². The number of nitrogens with one attached hydrogen (secondary N) is 1. The van der Waals surface area contributed by atoms with Gasteiger partial charge in [0.15, 0.2) is 0 Å². The first-order chi connectivity index (χ1) is 6.68. The maximum Gasteiger partial charge on any atom is 0.0772 e. The van der Waals surface area contributed by atoms with E-state index in [-0.39, 0.29) is 6.04 Å². The summed E-state index contributed by atoms with van der Waals surface area (Å²) in [6, 6.07) is 6.09. The van der Waals surface area contributed by atoms with E-state index in [1.807, 2.05) is 25.1 Å². The van der Waals surface area contributed by atoms with Gasteiger partial charge < -0.3 is 10.4 Å². The molecule has 0 saturated heterocycles. The minimum absolute atomic E-state index is 0.226. The van der Waals surface area contributed by atoms with Gasteiger partial charge in [0.25, 0.3) is 0 Å². The van der Waals surface area contributed by atoms with Crippen LogP contribution in [0.15, 0.2) is 24.4 Å². The van der Waals surface area contributed by atoms with Crippen LogP contribution >= 0.6 is 0 Å². The fraction of sp³-hybridized carbons (Fsp3) is 0.545. The number of aromatic nitrogens is 1. The molecule has 1 saturated carbocycles. The Morgan fingerprint density at radius 1 is 1.64 bits per heavy atom. The van der Waals surface area contributed by atoms with Crippen LogP contribution in [0.25, 0.3) is 0 Å². The summed E-state index contributed by atoms with van der Waals surface area (Å²) < 4.78 is 0. The summed E-state index contributed by atoms with van der Waals surface area (Å²) in [5.74, 6) is 0. The van der Waals surface area contributed by atoms with Gasteiger partial charge in [-0.25, -0.2) is 0 Å². The standard InChI is InChI=1S/C11H16N2O/c1-11(14)6-5-10(11)13-8-9-4-2-3-7-12-9/h2-4,7,10,13-14H,5-6,8H2,1H3/t10-,11-/m0/s1. The van der Waals surface area contributed by atoms with E-state index >= 15 is 0 Å². The topological polar surface area (TPSA) is 45.1 Å². The lowest BCUT2D eigenvalue weighted by atomic mass is 9.76. The Morgan fingerprint density at radius 3 is 3.00 bits per heavy atom. The number of hydrogen-bond acceptors (Lipinski definition) is 3. The van der Waals surface area contributed by atoms with Crippen LogP contribution in [0.4, 0.5) is 0 Å². The molecule has 0 spiro atoms. The van der Waals surface area contributed by atoms with Crippen molar-refractivity contribution in [3.05, 3.63) is 30.1 Å². The number of nitrogens with zero attached hydrogens (tertiary/aromatic N) is 1. The zero-order valence-corrected chi connectivity index (χ0v) is 8.40. The average Bonchev–Trinajstić information content (AvgIpc) is 2.18. The van der Waals surface area contributed by atoms with Gasteiger partial charge in [0.05, 0.1) is 11.3 Å². The summed E-state index contributed by atoms with van der Waals surface area (Å²) in [7, 11) is 0. The van der Waals surface area contributed by atoms with Gasteiger partial charge in [0, 0.05) is 18.8 Å². The van der Waals surface area contributed by atoms with Crippen LogP contribution in [0.1, 0.15) is 25.5 Å². The van der Waals surface area contributed by atoms with Crippen molar-refractivity contribution in [3.8, 4) is 0 Å². The molecule has 3 heteroatoms. The maximum atomic E-state index is 9.77. The third-order valence-electron chi connectivity index (χ3n) is 2.95. The van der Waals surface area contributed by atoms with Crippen molar-refractivity contribution in [2.75, 3.05) is 0 Å². The molecule has 1 aromatic heterocycles. The fourth-order valence-electron chi connectivity index (χ4n) is 1.76. The molecule has 0 radical (unpaired) electrons. The largest absolute Gasteiger partial charge is 0.389 e. The average molecular weight is 192 g/mol. The normalized spacial score (nSPS) is 31.1. The maximum absolute atomic E-state index is 9.77. The third-order valence-corrected chi connectivity index (χ3v) is 2.95. The Kier molecular flexibility index (Phi) is 2.52. The Labute approximate surface area is 84.2 Å². The van der Waals surface area contributed by atoms with Gasteiger partial charge >= 0.3 is 0 Å². The Balaban J connectivity index is 1.84. The lowest BCUT2D eigenvalue weighted by Crippen LogP contribution is -2.56. The second kappa shape index (κ2) is 3.67. The molecular weight excluding hydrogens is 176 g/mol. The molecule has 76 valence electrons. The molecule has 0 aromatic carbocycles. The lowest BCUT2D eigenvalue weighted by Gasteiger charge is -2.43. The van der Waals surface area contributed by atoms with Gasteiger partial charge in [0.1, 0.15) is 0 Å². The Hall–Kier alpha value is -0.930. The van der Waals surface area contributed by atoms with E-state index in [9.17, 15) is 5.11 Å². The number of aliphatic hydroxyl groups is 1. The quantitative estimate of drug-likeness (QED) is 0.753. The summed E-state index contributed by atoms with van der Waals surface area (Å²) in [4.78, 5) is 4.21. The van der Waals surface area contributed by atoms with E-state index in [0.29, 0.717) is 0 Å². The first-order valence-corrected chi connectivity index (χ1v) is 5.04. The van der Waals surface area contributed by atoms with E-state index in [1.54, 1.807) is 6.20 Å². The molecule has 2 rings (SSSR count). The SMILES string of the molecule is C[C@]1(O)CC[C@@H]1NCc1ccccn1. The second-order valence-corrected chi connectivity index (χ2v) is 4.15. The minimum atomic E-state index is -0.519. The lowest BCUT2D eigenvalue weighted by molar-refractivity contribution is -0.0524. The van der Waals surface area contributed by atoms with Crippen molar-refractivity contribution in [2.24, 2.45) is 0 Å². The highest BCUT2D eigenvalue weighted by Crippen LogP contribution is 2.31. The van der Waals surface area contributed by atoms with Gasteiger partial charge in [-0.2, -0.15) is 0 Å². The predicted molar refractivity (Wildman–Crippen MR) is 54.7 cm³/mol. The van der Waals surface area contributed by atoms with E-state index in [0.717, 1.165) is 25.1 Å². The van der Waals surface area contributed by atoms with Crippen molar-refractivity contribution in [3.63, 3.8) is 0 Å². The Bertz CT molecular complexity index is 297. The first kappa shape index (κ1) is 9.62. The molecule has 1 fully saturated rings. The molecule has 3 nitrogen and oxygen atoms in total. The Morgan fingerprint density at radius 2 is 2.50 bits per heavy atom. The fourth-order valence-corrected chi connectivity index (χ4v) is 1.76. The minimum Gasteiger partial charge on any atom is -0.389 e. The van der Waals surface area contributed by atoms with Crippen LogP contribution < -0.4 is 5.32 Å². The molecule has 2 N–H and O–H groups in total. The van der Waals surface area contributed by atoms with Crippen molar-refractivity contribution in [1.82, 2.24) is 10.3 Å². The molecule has 2 atom stereocenters. The van der Waals surface area contributed by atoms with E-state index in [1.165, 1.54) is 0 Å². The summed E-state index contributed by atoms with van der Waals surface area (Å²) in [6.07, 6.45) is 3.74. The third kappa shape index (κ3) is 1.94. The zero-order chi connectivity index (χ0) is 10.0. The molecule has 0 aliphatic heterocycles. The molecular formula is C11H16N2O. The molecule has 1 aromatic rings. The summed E-state index contributed by atoms with van der Waals surface area (Å²) in [6.45, 7) is 2.62. The monoisotopic (exact) mass is 192 g/mol. The van der Waals surface area contributed by atoms with Crippen LogP contribution in [0.5, 0.6) is 0 Å².